The Balaban J connectivity index is 2.04. The predicted octanol–water partition coefficient (Wildman–Crippen LogP) is 2.62. The van der Waals surface area contributed by atoms with Gasteiger partial charge >= 0.3 is 5.97 Å². The number of unbranched alkanes of at least 4 members (excludes halogenated alkanes) is 1. The number of amides is 1. The lowest BCUT2D eigenvalue weighted by molar-refractivity contribution is -0.124. The second-order valence-electron chi connectivity index (χ2n) is 5.36. The second-order valence-corrected chi connectivity index (χ2v) is 8.22. The van der Waals surface area contributed by atoms with Crippen molar-refractivity contribution in [2.45, 2.75) is 24.0 Å². The summed E-state index contributed by atoms with van der Waals surface area (Å²) in [6, 6.07) is 9.17. The van der Waals surface area contributed by atoms with Gasteiger partial charge in [-0.2, -0.15) is 0 Å². The number of carbonyl (C=O) groups is 2. The third-order valence-corrected chi connectivity index (χ3v) is 6.10. The molecule has 0 radical (unpaired) electrons. The lowest BCUT2D eigenvalue weighted by Gasteiger charge is -2.11. The van der Waals surface area contributed by atoms with E-state index in [2.05, 4.69) is 10.0 Å². The smallest absolute Gasteiger partial charge is 0.340 e. The molecule has 2 aromatic rings. The fourth-order valence-electron chi connectivity index (χ4n) is 2.03. The molecule has 26 heavy (non-hydrogen) atoms. The molecular formula is C17H20N2O5S2. The molecule has 0 atom stereocenters. The normalized spacial score (nSPS) is 11.0. The van der Waals surface area contributed by atoms with Gasteiger partial charge in [-0.05, 0) is 30.0 Å². The van der Waals surface area contributed by atoms with Gasteiger partial charge < -0.3 is 10.1 Å². The van der Waals surface area contributed by atoms with Gasteiger partial charge in [-0.3, -0.25) is 9.52 Å². The Morgan fingerprint density at radius 2 is 1.92 bits per heavy atom. The van der Waals surface area contributed by atoms with Crippen LogP contribution in [-0.4, -0.2) is 33.4 Å². The molecule has 0 saturated heterocycles. The number of hydrogen-bond donors (Lipinski definition) is 2. The molecule has 1 amide bonds. The molecule has 0 spiro atoms. The third kappa shape index (κ3) is 5.57. The quantitative estimate of drug-likeness (QED) is 0.501. The highest BCUT2D eigenvalue weighted by Crippen LogP contribution is 2.23. The number of carbonyl (C=O) groups excluding carboxylic acids is 2. The second kappa shape index (κ2) is 9.35. The highest BCUT2D eigenvalue weighted by molar-refractivity contribution is 7.94. The topological polar surface area (TPSA) is 102 Å². The molecule has 0 bridgehead atoms. The van der Waals surface area contributed by atoms with Crippen LogP contribution in [-0.2, 0) is 19.6 Å². The zero-order valence-electron chi connectivity index (χ0n) is 14.2. The van der Waals surface area contributed by atoms with Crippen LogP contribution < -0.4 is 10.0 Å². The lowest BCUT2D eigenvalue weighted by Crippen LogP contribution is -2.29. The van der Waals surface area contributed by atoms with E-state index in [0.29, 0.717) is 6.54 Å². The summed E-state index contributed by atoms with van der Waals surface area (Å²) in [5, 5.41) is 4.28. The van der Waals surface area contributed by atoms with E-state index >= 15 is 0 Å². The Kier molecular flexibility index (Phi) is 7.16. The number of esters is 1. The summed E-state index contributed by atoms with van der Waals surface area (Å²) in [6.45, 7) is 2.10. The maximum atomic E-state index is 12.3. The van der Waals surface area contributed by atoms with Gasteiger partial charge in [0.2, 0.25) is 0 Å². The SMILES string of the molecule is CCCCNC(=O)COC(=O)c1ccccc1NS(=O)(=O)c1cccs1. The molecule has 1 aromatic heterocycles. The van der Waals surface area contributed by atoms with Crippen LogP contribution in [0.3, 0.4) is 0 Å². The van der Waals surface area contributed by atoms with Crippen molar-refractivity contribution in [1.82, 2.24) is 5.32 Å². The maximum absolute atomic E-state index is 12.3. The van der Waals surface area contributed by atoms with E-state index < -0.39 is 28.5 Å². The Hall–Kier alpha value is -2.39. The van der Waals surface area contributed by atoms with E-state index in [9.17, 15) is 18.0 Å². The van der Waals surface area contributed by atoms with Crippen molar-refractivity contribution in [3.8, 4) is 0 Å². The number of sulfonamides is 1. The predicted molar refractivity (Wildman–Crippen MR) is 99.8 cm³/mol. The largest absolute Gasteiger partial charge is 0.452 e. The van der Waals surface area contributed by atoms with Crippen molar-refractivity contribution in [3.63, 3.8) is 0 Å². The van der Waals surface area contributed by atoms with E-state index in [1.54, 1.807) is 23.6 Å². The standard InChI is InChI=1S/C17H20N2O5S2/c1-2-3-10-18-15(20)12-24-17(21)13-7-4-5-8-14(13)19-26(22,23)16-9-6-11-25-16/h4-9,11,19H,2-3,10,12H2,1H3,(H,18,20). The molecule has 0 unspecified atom stereocenters. The maximum Gasteiger partial charge on any atom is 0.340 e. The number of nitrogens with one attached hydrogen (secondary N) is 2. The zero-order chi connectivity index (χ0) is 19.0. The van der Waals surface area contributed by atoms with E-state index in [4.69, 9.17) is 4.74 Å². The summed E-state index contributed by atoms with van der Waals surface area (Å²) >= 11 is 1.07. The summed E-state index contributed by atoms with van der Waals surface area (Å²) in [6.07, 6.45) is 1.78. The van der Waals surface area contributed by atoms with Crippen molar-refractivity contribution >= 4 is 38.9 Å². The molecule has 2 N–H and O–H groups in total. The van der Waals surface area contributed by atoms with Gasteiger partial charge in [0.25, 0.3) is 15.9 Å². The average molecular weight is 396 g/mol. The summed E-state index contributed by atoms with van der Waals surface area (Å²) in [5.41, 5.74) is 0.131. The van der Waals surface area contributed by atoms with Crippen molar-refractivity contribution in [2.75, 3.05) is 17.9 Å². The highest BCUT2D eigenvalue weighted by atomic mass is 32.2. The van der Waals surface area contributed by atoms with Gasteiger partial charge in [0.1, 0.15) is 4.21 Å². The van der Waals surface area contributed by atoms with Crippen LogP contribution in [0.25, 0.3) is 0 Å². The van der Waals surface area contributed by atoms with Crippen molar-refractivity contribution < 1.29 is 22.7 Å². The van der Waals surface area contributed by atoms with Crippen molar-refractivity contribution in [1.29, 1.82) is 0 Å². The number of ether oxygens (including phenoxy) is 1. The molecule has 0 aliphatic carbocycles. The molecule has 140 valence electrons. The Morgan fingerprint density at radius 1 is 1.15 bits per heavy atom. The molecule has 1 aromatic carbocycles. The number of anilines is 1. The van der Waals surface area contributed by atoms with Gasteiger partial charge in [0, 0.05) is 6.54 Å². The zero-order valence-corrected chi connectivity index (χ0v) is 15.9. The first kappa shape index (κ1) is 19.9. The number of benzene rings is 1. The Labute approximate surface area is 156 Å². The highest BCUT2D eigenvalue weighted by Gasteiger charge is 2.20. The van der Waals surface area contributed by atoms with Crippen LogP contribution in [0.2, 0.25) is 0 Å². The van der Waals surface area contributed by atoms with E-state index in [1.807, 2.05) is 6.92 Å². The molecular weight excluding hydrogens is 376 g/mol. The average Bonchev–Trinajstić information content (AvgIpc) is 3.16. The monoisotopic (exact) mass is 396 g/mol. The van der Waals surface area contributed by atoms with Crippen LogP contribution in [0.15, 0.2) is 46.0 Å². The van der Waals surface area contributed by atoms with Gasteiger partial charge in [-0.1, -0.05) is 31.5 Å². The van der Waals surface area contributed by atoms with E-state index in [0.717, 1.165) is 24.2 Å². The fourth-order valence-corrected chi connectivity index (χ4v) is 4.10. The number of thiophene rings is 1. The molecule has 0 fully saturated rings. The molecule has 7 nitrogen and oxygen atoms in total. The molecule has 9 heteroatoms. The Morgan fingerprint density at radius 3 is 2.62 bits per heavy atom. The van der Waals surface area contributed by atoms with E-state index in [1.165, 1.54) is 18.2 Å². The van der Waals surface area contributed by atoms with Crippen LogP contribution >= 0.6 is 11.3 Å². The van der Waals surface area contributed by atoms with Crippen LogP contribution in [0.4, 0.5) is 5.69 Å². The third-order valence-electron chi connectivity index (χ3n) is 3.34. The lowest BCUT2D eigenvalue weighted by atomic mass is 10.2. The number of rotatable bonds is 9. The van der Waals surface area contributed by atoms with Crippen molar-refractivity contribution in [3.05, 3.63) is 47.3 Å². The minimum atomic E-state index is -3.79. The minimum Gasteiger partial charge on any atom is -0.452 e. The van der Waals surface area contributed by atoms with Gasteiger partial charge in [-0.25, -0.2) is 13.2 Å². The van der Waals surface area contributed by atoms with Crippen LogP contribution in [0.5, 0.6) is 0 Å². The summed E-state index contributed by atoms with van der Waals surface area (Å²) in [4.78, 5) is 23.9. The minimum absolute atomic E-state index is 0.0361. The number of hydrogen-bond acceptors (Lipinski definition) is 6. The molecule has 1 heterocycles. The van der Waals surface area contributed by atoms with Crippen LogP contribution in [0.1, 0.15) is 30.1 Å². The first-order valence-electron chi connectivity index (χ1n) is 8.03. The van der Waals surface area contributed by atoms with Crippen molar-refractivity contribution in [2.24, 2.45) is 0 Å². The number of para-hydroxylation sites is 1. The molecule has 0 aliphatic heterocycles. The first-order valence-corrected chi connectivity index (χ1v) is 10.4. The van der Waals surface area contributed by atoms with Gasteiger partial charge in [0.05, 0.1) is 11.3 Å². The van der Waals surface area contributed by atoms with Gasteiger partial charge in [0.15, 0.2) is 6.61 Å². The summed E-state index contributed by atoms with van der Waals surface area (Å²) < 4.78 is 32.2. The molecule has 2 rings (SSSR count). The summed E-state index contributed by atoms with van der Waals surface area (Å²) in [7, 11) is -3.79. The Bertz CT molecular complexity index is 848. The first-order chi connectivity index (χ1) is 12.4. The van der Waals surface area contributed by atoms with E-state index in [-0.39, 0.29) is 15.5 Å². The summed E-state index contributed by atoms with van der Waals surface area (Å²) in [5.74, 6) is -1.18. The molecule has 0 aliphatic rings. The fraction of sp³-hybridized carbons (Fsp3) is 0.294. The van der Waals surface area contributed by atoms with Crippen LogP contribution in [0, 0.1) is 0 Å². The van der Waals surface area contributed by atoms with Gasteiger partial charge in [-0.15, -0.1) is 11.3 Å². The molecule has 0 saturated carbocycles.